The van der Waals surface area contributed by atoms with Gasteiger partial charge in [-0.15, -0.1) is 0 Å². The van der Waals surface area contributed by atoms with Gasteiger partial charge in [-0.05, 0) is 36.6 Å². The van der Waals surface area contributed by atoms with E-state index in [-0.39, 0.29) is 12.5 Å². The molecule has 1 aromatic carbocycles. The van der Waals surface area contributed by atoms with Gasteiger partial charge < -0.3 is 24.6 Å². The van der Waals surface area contributed by atoms with Crippen molar-refractivity contribution >= 4 is 23.9 Å². The standard InChI is InChI=1S/C22H28N6O3/c1-30-18-7-4-17(5-8-18)6-9-20(29)23-16-19-24-21(27-10-2-3-11-27)26-22(25-19)28-12-14-31-15-13-28/h4-9H,2-3,10-16H2,1H3,(H,23,29)/b9-6+. The molecule has 4 rings (SSSR count). The number of amides is 1. The van der Waals surface area contributed by atoms with Gasteiger partial charge in [0, 0.05) is 32.3 Å². The van der Waals surface area contributed by atoms with Crippen molar-refractivity contribution in [2.45, 2.75) is 19.4 Å². The van der Waals surface area contributed by atoms with Crippen molar-refractivity contribution in [3.8, 4) is 5.75 Å². The quantitative estimate of drug-likeness (QED) is 0.671. The Hall–Kier alpha value is -3.20. The third-order valence-corrected chi connectivity index (χ3v) is 5.30. The summed E-state index contributed by atoms with van der Waals surface area (Å²) in [6, 6.07) is 7.50. The molecule has 0 radical (unpaired) electrons. The first kappa shape index (κ1) is 21.0. The van der Waals surface area contributed by atoms with E-state index in [1.54, 1.807) is 13.2 Å². The lowest BCUT2D eigenvalue weighted by atomic mass is 10.2. The minimum absolute atomic E-state index is 0.202. The number of rotatable bonds is 7. The molecule has 0 aliphatic carbocycles. The summed E-state index contributed by atoms with van der Waals surface area (Å²) in [4.78, 5) is 30.5. The summed E-state index contributed by atoms with van der Waals surface area (Å²) in [5.41, 5.74) is 0.919. The molecule has 164 valence electrons. The first-order valence-electron chi connectivity index (χ1n) is 10.6. The molecule has 2 aliphatic heterocycles. The maximum atomic E-state index is 12.3. The van der Waals surface area contributed by atoms with E-state index in [9.17, 15) is 4.79 Å². The molecule has 1 N–H and O–H groups in total. The third-order valence-electron chi connectivity index (χ3n) is 5.30. The van der Waals surface area contributed by atoms with Crippen LogP contribution in [-0.2, 0) is 16.1 Å². The van der Waals surface area contributed by atoms with Gasteiger partial charge >= 0.3 is 0 Å². The fourth-order valence-electron chi connectivity index (χ4n) is 3.55. The second-order valence-electron chi connectivity index (χ2n) is 7.47. The summed E-state index contributed by atoms with van der Waals surface area (Å²) in [7, 11) is 1.62. The lowest BCUT2D eigenvalue weighted by Crippen LogP contribution is -2.38. The van der Waals surface area contributed by atoms with Gasteiger partial charge in [0.1, 0.15) is 5.75 Å². The second kappa shape index (κ2) is 10.2. The molecule has 2 aliphatic rings. The Morgan fingerprint density at radius 2 is 1.68 bits per heavy atom. The van der Waals surface area contributed by atoms with Crippen LogP contribution in [0.25, 0.3) is 6.08 Å². The zero-order chi connectivity index (χ0) is 21.5. The monoisotopic (exact) mass is 424 g/mol. The number of aromatic nitrogens is 3. The Bertz CT molecular complexity index is 906. The van der Waals surface area contributed by atoms with E-state index < -0.39 is 0 Å². The van der Waals surface area contributed by atoms with Crippen LogP contribution in [0, 0.1) is 0 Å². The number of anilines is 2. The van der Waals surface area contributed by atoms with Crippen LogP contribution in [-0.4, -0.2) is 67.4 Å². The van der Waals surface area contributed by atoms with E-state index in [0.29, 0.717) is 30.9 Å². The van der Waals surface area contributed by atoms with Gasteiger partial charge in [0.2, 0.25) is 17.8 Å². The first-order valence-corrected chi connectivity index (χ1v) is 10.6. The zero-order valence-electron chi connectivity index (χ0n) is 17.8. The normalized spacial score (nSPS) is 16.7. The molecule has 0 spiro atoms. The van der Waals surface area contributed by atoms with Gasteiger partial charge in [-0.25, -0.2) is 0 Å². The molecular weight excluding hydrogens is 396 g/mol. The molecule has 0 atom stereocenters. The predicted octanol–water partition coefficient (Wildman–Crippen LogP) is 1.65. The Labute approximate surface area is 182 Å². The lowest BCUT2D eigenvalue weighted by molar-refractivity contribution is -0.116. The third kappa shape index (κ3) is 5.69. The lowest BCUT2D eigenvalue weighted by Gasteiger charge is -2.28. The molecule has 0 bridgehead atoms. The Morgan fingerprint density at radius 1 is 1.03 bits per heavy atom. The maximum Gasteiger partial charge on any atom is 0.244 e. The van der Waals surface area contributed by atoms with E-state index in [2.05, 4.69) is 25.1 Å². The van der Waals surface area contributed by atoms with Crippen LogP contribution in [0.1, 0.15) is 24.2 Å². The van der Waals surface area contributed by atoms with Gasteiger partial charge in [0.15, 0.2) is 5.82 Å². The van der Waals surface area contributed by atoms with Crippen LogP contribution >= 0.6 is 0 Å². The number of carbonyl (C=O) groups excluding carboxylic acids is 1. The van der Waals surface area contributed by atoms with Crippen LogP contribution < -0.4 is 19.9 Å². The number of nitrogens with one attached hydrogen (secondary N) is 1. The number of benzene rings is 1. The molecule has 9 heteroatoms. The van der Waals surface area contributed by atoms with Crippen molar-refractivity contribution in [2.24, 2.45) is 0 Å². The Morgan fingerprint density at radius 3 is 2.32 bits per heavy atom. The topological polar surface area (TPSA) is 92.7 Å². The molecule has 0 saturated carbocycles. The van der Waals surface area contributed by atoms with Crippen molar-refractivity contribution in [2.75, 3.05) is 56.3 Å². The average Bonchev–Trinajstić information content (AvgIpc) is 3.37. The number of methoxy groups -OCH3 is 1. The van der Waals surface area contributed by atoms with Gasteiger partial charge in [-0.1, -0.05) is 12.1 Å². The van der Waals surface area contributed by atoms with Crippen molar-refractivity contribution in [3.63, 3.8) is 0 Å². The van der Waals surface area contributed by atoms with Gasteiger partial charge in [0.05, 0.1) is 26.9 Å². The highest BCUT2D eigenvalue weighted by molar-refractivity contribution is 5.91. The summed E-state index contributed by atoms with van der Waals surface area (Å²) >= 11 is 0. The van der Waals surface area contributed by atoms with Gasteiger partial charge in [0.25, 0.3) is 0 Å². The molecule has 9 nitrogen and oxygen atoms in total. The van der Waals surface area contributed by atoms with Crippen molar-refractivity contribution in [1.29, 1.82) is 0 Å². The molecule has 2 fully saturated rings. The van der Waals surface area contributed by atoms with Crippen molar-refractivity contribution in [1.82, 2.24) is 20.3 Å². The number of carbonyl (C=O) groups is 1. The summed E-state index contributed by atoms with van der Waals surface area (Å²) < 4.78 is 10.6. The highest BCUT2D eigenvalue weighted by Crippen LogP contribution is 2.19. The number of hydrogen-bond donors (Lipinski definition) is 1. The molecule has 3 heterocycles. The van der Waals surface area contributed by atoms with E-state index in [4.69, 9.17) is 14.5 Å². The molecule has 2 saturated heterocycles. The largest absolute Gasteiger partial charge is 0.497 e. The minimum Gasteiger partial charge on any atom is -0.497 e. The summed E-state index contributed by atoms with van der Waals surface area (Å²) in [6.45, 7) is 4.96. The Balaban J connectivity index is 1.42. The average molecular weight is 425 g/mol. The second-order valence-corrected chi connectivity index (χ2v) is 7.47. The molecule has 1 amide bonds. The van der Waals surface area contributed by atoms with Crippen LogP contribution in [0.4, 0.5) is 11.9 Å². The minimum atomic E-state index is -0.202. The van der Waals surface area contributed by atoms with E-state index >= 15 is 0 Å². The molecule has 0 unspecified atom stereocenters. The van der Waals surface area contributed by atoms with E-state index in [1.807, 2.05) is 24.3 Å². The van der Waals surface area contributed by atoms with E-state index in [1.165, 1.54) is 6.08 Å². The van der Waals surface area contributed by atoms with E-state index in [0.717, 1.165) is 50.3 Å². The first-order chi connectivity index (χ1) is 15.2. The van der Waals surface area contributed by atoms with Crippen LogP contribution in [0.5, 0.6) is 5.75 Å². The smallest absolute Gasteiger partial charge is 0.244 e. The maximum absolute atomic E-state index is 12.3. The summed E-state index contributed by atoms with van der Waals surface area (Å²) in [5, 5.41) is 2.87. The van der Waals surface area contributed by atoms with Crippen LogP contribution in [0.2, 0.25) is 0 Å². The fraction of sp³-hybridized carbons (Fsp3) is 0.455. The predicted molar refractivity (Wildman–Crippen MR) is 118 cm³/mol. The summed E-state index contributed by atoms with van der Waals surface area (Å²) in [5.74, 6) is 2.48. The van der Waals surface area contributed by atoms with Gasteiger partial charge in [-0.2, -0.15) is 15.0 Å². The number of ether oxygens (including phenoxy) is 2. The number of nitrogens with zero attached hydrogens (tertiary/aromatic N) is 5. The number of hydrogen-bond acceptors (Lipinski definition) is 8. The molecular formula is C22H28N6O3. The SMILES string of the molecule is COc1ccc(/C=C/C(=O)NCc2nc(N3CCCC3)nc(N3CCOCC3)n2)cc1. The van der Waals surface area contributed by atoms with Crippen molar-refractivity contribution in [3.05, 3.63) is 41.7 Å². The molecule has 2 aromatic rings. The van der Waals surface area contributed by atoms with Crippen LogP contribution in [0.3, 0.4) is 0 Å². The zero-order valence-corrected chi connectivity index (χ0v) is 17.8. The molecule has 31 heavy (non-hydrogen) atoms. The highest BCUT2D eigenvalue weighted by Gasteiger charge is 2.21. The van der Waals surface area contributed by atoms with Crippen LogP contribution in [0.15, 0.2) is 30.3 Å². The Kier molecular flexibility index (Phi) is 6.93. The fourth-order valence-corrected chi connectivity index (χ4v) is 3.55. The molecule has 1 aromatic heterocycles. The number of morpholine rings is 1. The van der Waals surface area contributed by atoms with Crippen molar-refractivity contribution < 1.29 is 14.3 Å². The summed E-state index contributed by atoms with van der Waals surface area (Å²) in [6.07, 6.45) is 5.55. The van der Waals surface area contributed by atoms with Gasteiger partial charge in [-0.3, -0.25) is 4.79 Å². The highest BCUT2D eigenvalue weighted by atomic mass is 16.5.